The van der Waals surface area contributed by atoms with Gasteiger partial charge in [-0.2, -0.15) is 0 Å². The van der Waals surface area contributed by atoms with E-state index in [2.05, 4.69) is 5.32 Å². The molecule has 0 radical (unpaired) electrons. The Balaban J connectivity index is 1.69. The molecule has 7 nitrogen and oxygen atoms in total. The van der Waals surface area contributed by atoms with Gasteiger partial charge in [0.05, 0.1) is 18.2 Å². The third kappa shape index (κ3) is 3.50. The lowest BCUT2D eigenvalue weighted by molar-refractivity contribution is -0.132. The van der Waals surface area contributed by atoms with Crippen LogP contribution < -0.4 is 5.32 Å². The Hall–Kier alpha value is -2.71. The van der Waals surface area contributed by atoms with E-state index < -0.39 is 21.4 Å². The summed E-state index contributed by atoms with van der Waals surface area (Å²) in [7, 11) is -3.07. The molecule has 0 bridgehead atoms. The van der Waals surface area contributed by atoms with Gasteiger partial charge in [-0.05, 0) is 24.1 Å². The summed E-state index contributed by atoms with van der Waals surface area (Å²) in [6.45, 7) is 2.51. The summed E-state index contributed by atoms with van der Waals surface area (Å²) in [5, 5.41) is 2.93. The molecule has 158 valence electrons. The van der Waals surface area contributed by atoms with Gasteiger partial charge < -0.3 is 5.32 Å². The number of hydrogen-bond acceptors (Lipinski definition) is 5. The molecule has 4 rings (SSSR count). The number of carbonyl (C=O) groups excluding carboxylic acids is 2. The molecule has 1 atom stereocenters. The highest BCUT2D eigenvalue weighted by atomic mass is 32.2. The van der Waals surface area contributed by atoms with E-state index in [0.29, 0.717) is 24.1 Å². The molecule has 0 spiro atoms. The van der Waals surface area contributed by atoms with E-state index in [1.807, 2.05) is 72.5 Å². The molecule has 0 aromatic heterocycles. The molecule has 2 aliphatic rings. The normalized spacial score (nSPS) is 22.5. The SMILES string of the molecule is CCN(CN1C(=O)NC(c2ccccc2)(c2ccccc2)C1=O)[C@@H]1CCS(=O)(=O)C1. The number of benzene rings is 2. The lowest BCUT2D eigenvalue weighted by atomic mass is 9.83. The number of urea groups is 1. The van der Waals surface area contributed by atoms with Gasteiger partial charge in [0.2, 0.25) is 0 Å². The van der Waals surface area contributed by atoms with E-state index in [4.69, 9.17) is 0 Å². The molecule has 0 aliphatic carbocycles. The standard InChI is InChI=1S/C22H25N3O4S/c1-2-24(19-13-14-30(28,29)15-19)16-25-20(26)22(23-21(25)27,17-9-5-3-6-10-17)18-11-7-4-8-12-18/h3-12,19H,2,13-16H2,1H3,(H,23,27)/t19-/m1/s1. The van der Waals surface area contributed by atoms with Crippen LogP contribution in [0.4, 0.5) is 4.79 Å². The molecule has 2 aromatic rings. The van der Waals surface area contributed by atoms with Crippen LogP contribution in [0.5, 0.6) is 0 Å². The van der Waals surface area contributed by atoms with E-state index >= 15 is 0 Å². The molecule has 2 heterocycles. The van der Waals surface area contributed by atoms with E-state index in [0.717, 1.165) is 0 Å². The second-order valence-electron chi connectivity index (χ2n) is 7.75. The highest BCUT2D eigenvalue weighted by molar-refractivity contribution is 7.91. The van der Waals surface area contributed by atoms with Crippen LogP contribution in [0.1, 0.15) is 24.5 Å². The van der Waals surface area contributed by atoms with Crippen LogP contribution in [-0.4, -0.2) is 60.9 Å². The summed E-state index contributed by atoms with van der Waals surface area (Å²) in [6.07, 6.45) is 0.516. The van der Waals surface area contributed by atoms with Crippen molar-refractivity contribution >= 4 is 21.8 Å². The Bertz CT molecular complexity index is 1000. The van der Waals surface area contributed by atoms with Gasteiger partial charge in [0, 0.05) is 6.04 Å². The fraction of sp³-hybridized carbons (Fsp3) is 0.364. The van der Waals surface area contributed by atoms with Crippen molar-refractivity contribution in [2.45, 2.75) is 24.9 Å². The van der Waals surface area contributed by atoms with Gasteiger partial charge in [0.25, 0.3) is 5.91 Å². The van der Waals surface area contributed by atoms with E-state index in [1.165, 1.54) is 4.90 Å². The Labute approximate surface area is 176 Å². The molecule has 3 amide bonds. The Kier molecular flexibility index (Phi) is 5.38. The molecule has 2 saturated heterocycles. The average Bonchev–Trinajstić information content (AvgIpc) is 3.24. The highest BCUT2D eigenvalue weighted by Crippen LogP contribution is 2.36. The van der Waals surface area contributed by atoms with Crippen molar-refractivity contribution in [3.8, 4) is 0 Å². The van der Waals surface area contributed by atoms with Crippen LogP contribution in [0.3, 0.4) is 0 Å². The summed E-state index contributed by atoms with van der Waals surface area (Å²) in [4.78, 5) is 29.8. The van der Waals surface area contributed by atoms with Gasteiger partial charge in [-0.1, -0.05) is 67.6 Å². The molecule has 0 unspecified atom stereocenters. The minimum Gasteiger partial charge on any atom is -0.315 e. The van der Waals surface area contributed by atoms with Crippen molar-refractivity contribution in [3.05, 3.63) is 71.8 Å². The Morgan fingerprint density at radius 1 is 1.03 bits per heavy atom. The van der Waals surface area contributed by atoms with Gasteiger partial charge in [0.1, 0.15) is 0 Å². The highest BCUT2D eigenvalue weighted by Gasteiger charge is 2.54. The van der Waals surface area contributed by atoms with Crippen molar-refractivity contribution in [1.82, 2.24) is 15.1 Å². The van der Waals surface area contributed by atoms with Crippen LogP contribution in [0, 0.1) is 0 Å². The smallest absolute Gasteiger partial charge is 0.315 e. The van der Waals surface area contributed by atoms with E-state index in [9.17, 15) is 18.0 Å². The summed E-state index contributed by atoms with van der Waals surface area (Å²) in [5.74, 6) is -0.150. The predicted octanol–water partition coefficient (Wildman–Crippen LogP) is 1.95. The lowest BCUT2D eigenvalue weighted by Gasteiger charge is -2.31. The molecule has 8 heteroatoms. The second-order valence-corrected chi connectivity index (χ2v) is 9.98. The van der Waals surface area contributed by atoms with Crippen molar-refractivity contribution in [3.63, 3.8) is 0 Å². The van der Waals surface area contributed by atoms with Crippen LogP contribution in [0.15, 0.2) is 60.7 Å². The summed E-state index contributed by atoms with van der Waals surface area (Å²) in [6, 6.07) is 17.7. The van der Waals surface area contributed by atoms with Crippen LogP contribution in [0.2, 0.25) is 0 Å². The van der Waals surface area contributed by atoms with Gasteiger partial charge in [0.15, 0.2) is 15.4 Å². The zero-order chi connectivity index (χ0) is 21.4. The maximum Gasteiger partial charge on any atom is 0.326 e. The van der Waals surface area contributed by atoms with Crippen molar-refractivity contribution in [2.24, 2.45) is 0 Å². The van der Waals surface area contributed by atoms with Crippen molar-refractivity contribution in [1.29, 1.82) is 0 Å². The van der Waals surface area contributed by atoms with Crippen LogP contribution >= 0.6 is 0 Å². The minimum atomic E-state index is -3.07. The van der Waals surface area contributed by atoms with Gasteiger partial charge in [-0.3, -0.25) is 9.69 Å². The van der Waals surface area contributed by atoms with E-state index in [-0.39, 0.29) is 30.1 Å². The quantitative estimate of drug-likeness (QED) is 0.712. The molecular formula is C22H25N3O4S. The molecular weight excluding hydrogens is 402 g/mol. The topological polar surface area (TPSA) is 86.8 Å². The first kappa shape index (κ1) is 20.6. The first-order valence-electron chi connectivity index (χ1n) is 10.1. The summed E-state index contributed by atoms with van der Waals surface area (Å²) >= 11 is 0. The van der Waals surface area contributed by atoms with Crippen LogP contribution in [0.25, 0.3) is 0 Å². The van der Waals surface area contributed by atoms with Gasteiger partial charge >= 0.3 is 6.03 Å². The minimum absolute atomic E-state index is 0.0583. The monoisotopic (exact) mass is 427 g/mol. The summed E-state index contributed by atoms with van der Waals surface area (Å²) in [5.41, 5.74) is 0.0629. The van der Waals surface area contributed by atoms with Crippen molar-refractivity contribution in [2.75, 3.05) is 24.7 Å². The number of hydrogen-bond donors (Lipinski definition) is 1. The number of amides is 3. The van der Waals surface area contributed by atoms with Gasteiger partial charge in [-0.15, -0.1) is 0 Å². The Morgan fingerprint density at radius 2 is 1.60 bits per heavy atom. The molecule has 0 saturated carbocycles. The zero-order valence-electron chi connectivity index (χ0n) is 16.8. The molecule has 1 N–H and O–H groups in total. The third-order valence-corrected chi connectivity index (χ3v) is 7.72. The molecule has 2 aromatic carbocycles. The maximum atomic E-state index is 13.7. The molecule has 2 aliphatic heterocycles. The number of carbonyl (C=O) groups is 2. The fourth-order valence-electron chi connectivity index (χ4n) is 4.36. The molecule has 2 fully saturated rings. The number of sulfone groups is 1. The second kappa shape index (κ2) is 7.85. The first-order chi connectivity index (χ1) is 14.4. The Morgan fingerprint density at radius 3 is 2.07 bits per heavy atom. The van der Waals surface area contributed by atoms with Crippen LogP contribution in [-0.2, 0) is 20.2 Å². The predicted molar refractivity (Wildman–Crippen MR) is 113 cm³/mol. The zero-order valence-corrected chi connectivity index (χ0v) is 17.6. The first-order valence-corrected chi connectivity index (χ1v) is 11.9. The maximum absolute atomic E-state index is 13.7. The lowest BCUT2D eigenvalue weighted by Crippen LogP contribution is -2.48. The number of nitrogens with zero attached hydrogens (tertiary/aromatic N) is 2. The van der Waals surface area contributed by atoms with Gasteiger partial charge in [-0.25, -0.2) is 18.1 Å². The number of imide groups is 1. The van der Waals surface area contributed by atoms with E-state index in [1.54, 1.807) is 0 Å². The third-order valence-electron chi connectivity index (χ3n) is 5.97. The fourth-order valence-corrected chi connectivity index (χ4v) is 6.12. The van der Waals surface area contributed by atoms with Crippen molar-refractivity contribution < 1.29 is 18.0 Å². The number of nitrogens with one attached hydrogen (secondary N) is 1. The largest absolute Gasteiger partial charge is 0.326 e. The molecule has 30 heavy (non-hydrogen) atoms. The average molecular weight is 428 g/mol. The number of rotatable bonds is 6. The summed E-state index contributed by atoms with van der Waals surface area (Å²) < 4.78 is 23.8.